The second kappa shape index (κ2) is 7.87. The molecule has 0 N–H and O–H groups in total. The van der Waals surface area contributed by atoms with Crippen LogP contribution in [0.2, 0.25) is 0 Å². The van der Waals surface area contributed by atoms with E-state index in [1.54, 1.807) is 0 Å². The summed E-state index contributed by atoms with van der Waals surface area (Å²) in [5.74, 6) is 0.752. The lowest BCUT2D eigenvalue weighted by Gasteiger charge is -2.33. The normalized spacial score (nSPS) is 16.9. The van der Waals surface area contributed by atoms with Crippen molar-refractivity contribution < 1.29 is 14.3 Å². The lowest BCUT2D eigenvalue weighted by Crippen LogP contribution is -2.48. The van der Waals surface area contributed by atoms with E-state index in [0.29, 0.717) is 13.2 Å². The number of carbonyl (C=O) groups excluding carboxylic acids is 1. The molecule has 1 aromatic carbocycles. The molecule has 110 valence electrons. The Kier molecular flexibility index (Phi) is 5.83. The first-order valence-electron chi connectivity index (χ1n) is 6.97. The molecule has 0 bridgehead atoms. The van der Waals surface area contributed by atoms with Crippen LogP contribution in [0.1, 0.15) is 0 Å². The predicted molar refractivity (Wildman–Crippen MR) is 76.8 cm³/mol. The van der Waals surface area contributed by atoms with Crippen LogP contribution in [0.5, 0.6) is 5.75 Å². The summed E-state index contributed by atoms with van der Waals surface area (Å²) in [4.78, 5) is 15.7. The third-order valence-corrected chi connectivity index (χ3v) is 3.46. The molecule has 0 unspecified atom stereocenters. The molecule has 1 aliphatic heterocycles. The fourth-order valence-corrected chi connectivity index (χ4v) is 2.23. The van der Waals surface area contributed by atoms with Crippen LogP contribution in [0.15, 0.2) is 30.3 Å². The van der Waals surface area contributed by atoms with Crippen LogP contribution in [0.4, 0.5) is 0 Å². The highest BCUT2D eigenvalue weighted by molar-refractivity contribution is 5.71. The summed E-state index contributed by atoms with van der Waals surface area (Å²) in [6.07, 6.45) is 0. The van der Waals surface area contributed by atoms with Crippen molar-refractivity contribution in [2.24, 2.45) is 0 Å². The third kappa shape index (κ3) is 4.83. The fraction of sp³-hybridized carbons (Fsp3) is 0.533. The van der Waals surface area contributed by atoms with Gasteiger partial charge in [0.15, 0.2) is 0 Å². The summed E-state index contributed by atoms with van der Waals surface area (Å²) in [5.41, 5.74) is 0. The molecule has 1 saturated heterocycles. The molecule has 5 nitrogen and oxygen atoms in total. The van der Waals surface area contributed by atoms with Crippen molar-refractivity contribution in [3.05, 3.63) is 30.3 Å². The molecule has 1 aliphatic rings. The Labute approximate surface area is 120 Å². The van der Waals surface area contributed by atoms with Crippen LogP contribution >= 0.6 is 0 Å². The van der Waals surface area contributed by atoms with Gasteiger partial charge < -0.3 is 9.47 Å². The van der Waals surface area contributed by atoms with E-state index in [2.05, 4.69) is 14.5 Å². The zero-order valence-electron chi connectivity index (χ0n) is 12.0. The minimum absolute atomic E-state index is 0.161. The Morgan fingerprint density at radius 1 is 1.10 bits per heavy atom. The molecule has 1 heterocycles. The standard InChI is InChI=1S/C15H22N2O3/c1-19-15(18)13-17-9-7-16(8-10-17)11-12-20-14-5-3-2-4-6-14/h2-6H,7-13H2,1H3. The Hall–Kier alpha value is -1.59. The van der Waals surface area contributed by atoms with Crippen LogP contribution in [0.25, 0.3) is 0 Å². The third-order valence-electron chi connectivity index (χ3n) is 3.46. The number of piperazine rings is 1. The lowest BCUT2D eigenvalue weighted by molar-refractivity contribution is -0.142. The largest absolute Gasteiger partial charge is 0.492 e. The first-order valence-corrected chi connectivity index (χ1v) is 6.97. The quantitative estimate of drug-likeness (QED) is 0.722. The number of carbonyl (C=O) groups is 1. The van der Waals surface area contributed by atoms with Gasteiger partial charge in [0.05, 0.1) is 13.7 Å². The number of rotatable bonds is 6. The van der Waals surface area contributed by atoms with Gasteiger partial charge in [-0.15, -0.1) is 0 Å². The van der Waals surface area contributed by atoms with Gasteiger partial charge >= 0.3 is 5.97 Å². The van der Waals surface area contributed by atoms with Gasteiger partial charge in [0.2, 0.25) is 0 Å². The Bertz CT molecular complexity index is 403. The van der Waals surface area contributed by atoms with Crippen LogP contribution in [-0.4, -0.2) is 68.8 Å². The number of nitrogens with zero attached hydrogens (tertiary/aromatic N) is 2. The summed E-state index contributed by atoms with van der Waals surface area (Å²) >= 11 is 0. The van der Waals surface area contributed by atoms with E-state index in [1.165, 1.54) is 7.11 Å². The van der Waals surface area contributed by atoms with Crippen molar-refractivity contribution >= 4 is 5.97 Å². The molecular weight excluding hydrogens is 256 g/mol. The number of benzene rings is 1. The number of hydrogen-bond donors (Lipinski definition) is 0. The summed E-state index contributed by atoms with van der Waals surface area (Å²) in [5, 5.41) is 0. The fourth-order valence-electron chi connectivity index (χ4n) is 2.23. The number of para-hydroxylation sites is 1. The molecule has 0 atom stereocenters. The number of esters is 1. The summed E-state index contributed by atoms with van der Waals surface area (Å²) in [6, 6.07) is 9.86. The minimum Gasteiger partial charge on any atom is -0.492 e. The highest BCUT2D eigenvalue weighted by Crippen LogP contribution is 2.08. The van der Waals surface area contributed by atoms with Crippen molar-refractivity contribution in [1.82, 2.24) is 9.80 Å². The van der Waals surface area contributed by atoms with Gasteiger partial charge in [-0.3, -0.25) is 14.6 Å². The maximum absolute atomic E-state index is 11.2. The average Bonchev–Trinajstić information content (AvgIpc) is 2.50. The monoisotopic (exact) mass is 278 g/mol. The molecule has 0 saturated carbocycles. The van der Waals surface area contributed by atoms with E-state index in [1.807, 2.05) is 30.3 Å². The Balaban J connectivity index is 1.61. The van der Waals surface area contributed by atoms with Crippen molar-refractivity contribution in [1.29, 1.82) is 0 Å². The second-order valence-electron chi connectivity index (χ2n) is 4.86. The van der Waals surface area contributed by atoms with Crippen molar-refractivity contribution in [3.63, 3.8) is 0 Å². The molecule has 0 aromatic heterocycles. The molecule has 0 spiro atoms. The number of hydrogen-bond acceptors (Lipinski definition) is 5. The average molecular weight is 278 g/mol. The highest BCUT2D eigenvalue weighted by Gasteiger charge is 2.18. The van der Waals surface area contributed by atoms with Gasteiger partial charge in [-0.05, 0) is 12.1 Å². The molecule has 0 radical (unpaired) electrons. The minimum atomic E-state index is -0.161. The molecule has 1 fully saturated rings. The SMILES string of the molecule is COC(=O)CN1CCN(CCOc2ccccc2)CC1. The Morgan fingerprint density at radius 3 is 2.40 bits per heavy atom. The van der Waals surface area contributed by atoms with E-state index in [-0.39, 0.29) is 5.97 Å². The van der Waals surface area contributed by atoms with Crippen LogP contribution in [0.3, 0.4) is 0 Å². The van der Waals surface area contributed by atoms with E-state index < -0.39 is 0 Å². The second-order valence-corrected chi connectivity index (χ2v) is 4.86. The molecule has 1 aromatic rings. The molecule has 0 aliphatic carbocycles. The van der Waals surface area contributed by atoms with Gasteiger partial charge in [0.25, 0.3) is 0 Å². The van der Waals surface area contributed by atoms with Crippen molar-refractivity contribution in [2.75, 3.05) is 53.0 Å². The summed E-state index contributed by atoms with van der Waals surface area (Å²) in [7, 11) is 1.43. The highest BCUT2D eigenvalue weighted by atomic mass is 16.5. The zero-order valence-corrected chi connectivity index (χ0v) is 12.0. The maximum atomic E-state index is 11.2. The number of ether oxygens (including phenoxy) is 2. The molecule has 5 heteroatoms. The van der Waals surface area contributed by atoms with E-state index in [0.717, 1.165) is 38.5 Å². The van der Waals surface area contributed by atoms with Gasteiger partial charge in [-0.1, -0.05) is 18.2 Å². The Morgan fingerprint density at radius 2 is 1.75 bits per heavy atom. The summed E-state index contributed by atoms with van der Waals surface area (Å²) in [6.45, 7) is 5.75. The van der Waals surface area contributed by atoms with Crippen LogP contribution in [0, 0.1) is 0 Å². The zero-order chi connectivity index (χ0) is 14.2. The van der Waals surface area contributed by atoms with Crippen LogP contribution < -0.4 is 4.74 Å². The van der Waals surface area contributed by atoms with Gasteiger partial charge in [-0.2, -0.15) is 0 Å². The van der Waals surface area contributed by atoms with Gasteiger partial charge in [0, 0.05) is 32.7 Å². The molecule has 0 amide bonds. The van der Waals surface area contributed by atoms with Crippen molar-refractivity contribution in [2.45, 2.75) is 0 Å². The van der Waals surface area contributed by atoms with E-state index in [9.17, 15) is 4.79 Å². The smallest absolute Gasteiger partial charge is 0.319 e. The lowest BCUT2D eigenvalue weighted by atomic mass is 10.3. The topological polar surface area (TPSA) is 42.0 Å². The number of methoxy groups -OCH3 is 1. The van der Waals surface area contributed by atoms with Crippen LogP contribution in [-0.2, 0) is 9.53 Å². The van der Waals surface area contributed by atoms with E-state index >= 15 is 0 Å². The predicted octanol–water partition coefficient (Wildman–Crippen LogP) is 0.856. The molecule has 2 rings (SSSR count). The van der Waals surface area contributed by atoms with E-state index in [4.69, 9.17) is 4.74 Å². The maximum Gasteiger partial charge on any atom is 0.319 e. The molecule has 20 heavy (non-hydrogen) atoms. The first kappa shape index (κ1) is 14.8. The first-order chi connectivity index (χ1) is 9.78. The van der Waals surface area contributed by atoms with Gasteiger partial charge in [-0.25, -0.2) is 0 Å². The van der Waals surface area contributed by atoms with Gasteiger partial charge in [0.1, 0.15) is 12.4 Å². The molecular formula is C15H22N2O3. The summed E-state index contributed by atoms with van der Waals surface area (Å²) < 4.78 is 10.4. The van der Waals surface area contributed by atoms with Crippen molar-refractivity contribution in [3.8, 4) is 5.75 Å².